The van der Waals surface area contributed by atoms with Crippen molar-refractivity contribution in [3.63, 3.8) is 0 Å². The van der Waals surface area contributed by atoms with E-state index in [4.69, 9.17) is 26.2 Å². The first kappa shape index (κ1) is 24.2. The topological polar surface area (TPSA) is 71.4 Å². The van der Waals surface area contributed by atoms with Crippen molar-refractivity contribution in [2.24, 2.45) is 11.0 Å². The average Bonchev–Trinajstić information content (AvgIpc) is 3.30. The maximum absolute atomic E-state index is 13.4. The second kappa shape index (κ2) is 11.0. The van der Waals surface area contributed by atoms with Crippen molar-refractivity contribution >= 4 is 29.2 Å². The molecule has 0 spiro atoms. The maximum atomic E-state index is 13.4. The Morgan fingerprint density at radius 3 is 2.44 bits per heavy atom. The van der Waals surface area contributed by atoms with E-state index in [1.807, 2.05) is 55.5 Å². The van der Waals surface area contributed by atoms with Crippen LogP contribution in [0.1, 0.15) is 43.4 Å². The third kappa shape index (κ3) is 5.42. The summed E-state index contributed by atoms with van der Waals surface area (Å²) >= 11 is 6.44. The van der Waals surface area contributed by atoms with Gasteiger partial charge in [-0.2, -0.15) is 5.10 Å². The van der Waals surface area contributed by atoms with Gasteiger partial charge in [-0.3, -0.25) is 14.5 Å². The predicted molar refractivity (Wildman–Crippen MR) is 131 cm³/mol. The molecule has 2 aromatic carbocycles. The Morgan fingerprint density at radius 2 is 1.79 bits per heavy atom. The number of hydrogen-bond donors (Lipinski definition) is 0. The summed E-state index contributed by atoms with van der Waals surface area (Å²) < 4.78 is 10.4. The molecule has 1 atom stereocenters. The zero-order chi connectivity index (χ0) is 24.1. The van der Waals surface area contributed by atoms with Gasteiger partial charge in [0, 0.05) is 17.0 Å². The summed E-state index contributed by atoms with van der Waals surface area (Å²) in [5.74, 6) is 0.463. The van der Waals surface area contributed by atoms with E-state index in [2.05, 4.69) is 4.90 Å². The van der Waals surface area contributed by atoms with Crippen LogP contribution in [-0.2, 0) is 14.3 Å². The smallest absolute Gasteiger partial charge is 0.309 e. The van der Waals surface area contributed by atoms with E-state index in [1.165, 1.54) is 0 Å². The van der Waals surface area contributed by atoms with Crippen molar-refractivity contribution in [3.05, 3.63) is 64.7 Å². The summed E-state index contributed by atoms with van der Waals surface area (Å²) in [7, 11) is 1.63. The van der Waals surface area contributed by atoms with Gasteiger partial charge in [0.05, 0.1) is 37.9 Å². The Kier molecular flexibility index (Phi) is 7.85. The molecule has 7 nitrogen and oxygen atoms in total. The molecule has 2 aliphatic rings. The maximum Gasteiger partial charge on any atom is 0.309 e. The predicted octanol–water partition coefficient (Wildman–Crippen LogP) is 4.30. The number of hydrazone groups is 1. The highest BCUT2D eigenvalue weighted by molar-refractivity contribution is 6.34. The number of hydrogen-bond acceptors (Lipinski definition) is 6. The Hall–Kier alpha value is -2.90. The summed E-state index contributed by atoms with van der Waals surface area (Å²) in [6, 6.07) is 15.1. The van der Waals surface area contributed by atoms with E-state index in [9.17, 15) is 9.59 Å². The van der Waals surface area contributed by atoms with Crippen LogP contribution in [0.5, 0.6) is 5.75 Å². The summed E-state index contributed by atoms with van der Waals surface area (Å²) in [5, 5.41) is 6.95. The quantitative estimate of drug-likeness (QED) is 0.549. The van der Waals surface area contributed by atoms with Crippen LogP contribution >= 0.6 is 11.6 Å². The van der Waals surface area contributed by atoms with Crippen molar-refractivity contribution in [1.82, 2.24) is 9.91 Å². The number of esters is 1. The second-order valence-electron chi connectivity index (χ2n) is 8.56. The van der Waals surface area contributed by atoms with Crippen LogP contribution in [0.3, 0.4) is 0 Å². The largest absolute Gasteiger partial charge is 0.497 e. The number of rotatable bonds is 7. The first-order valence-electron chi connectivity index (χ1n) is 11.7. The minimum atomic E-state index is -0.221. The average molecular weight is 484 g/mol. The van der Waals surface area contributed by atoms with Gasteiger partial charge in [0.25, 0.3) is 5.91 Å². The van der Waals surface area contributed by atoms with E-state index in [0.29, 0.717) is 44.0 Å². The third-order valence-electron chi connectivity index (χ3n) is 6.42. The lowest BCUT2D eigenvalue weighted by Gasteiger charge is -2.32. The molecule has 2 heterocycles. The Labute approximate surface area is 205 Å². The highest BCUT2D eigenvalue weighted by Gasteiger charge is 2.35. The van der Waals surface area contributed by atoms with Gasteiger partial charge in [-0.25, -0.2) is 5.01 Å². The van der Waals surface area contributed by atoms with Gasteiger partial charge in [-0.15, -0.1) is 0 Å². The molecule has 2 aromatic rings. The fraction of sp³-hybridized carbons (Fsp3) is 0.423. The SMILES string of the molecule is CCOC(=O)C1CCN(CC(=O)N2N=C(c3ccccc3Cl)CC2c2ccc(OC)cc2)CC1. The van der Waals surface area contributed by atoms with Crippen molar-refractivity contribution in [2.45, 2.75) is 32.2 Å². The van der Waals surface area contributed by atoms with Gasteiger partial charge in [-0.1, -0.05) is 41.9 Å². The molecule has 0 radical (unpaired) electrons. The minimum Gasteiger partial charge on any atom is -0.497 e. The molecule has 1 saturated heterocycles. The standard InChI is InChI=1S/C26H30ClN3O4/c1-3-34-26(32)19-12-14-29(15-13-19)17-25(31)30-24(18-8-10-20(33-2)11-9-18)16-23(28-30)21-6-4-5-7-22(21)27/h4-11,19,24H,3,12-17H2,1-2H3. The fourth-order valence-corrected chi connectivity index (χ4v) is 4.78. The summed E-state index contributed by atoms with van der Waals surface area (Å²) in [6.07, 6.45) is 1.97. The van der Waals surface area contributed by atoms with Gasteiger partial charge in [0.2, 0.25) is 0 Å². The molecule has 0 saturated carbocycles. The van der Waals surface area contributed by atoms with Gasteiger partial charge in [0.1, 0.15) is 5.75 Å². The van der Waals surface area contributed by atoms with Crippen molar-refractivity contribution in [2.75, 3.05) is 33.4 Å². The summed E-state index contributed by atoms with van der Waals surface area (Å²) in [4.78, 5) is 27.5. The van der Waals surface area contributed by atoms with E-state index in [0.717, 1.165) is 22.6 Å². The number of amides is 1. The number of carbonyl (C=O) groups is 2. The van der Waals surface area contributed by atoms with E-state index in [-0.39, 0.29) is 30.4 Å². The molecule has 0 aromatic heterocycles. The van der Waals surface area contributed by atoms with E-state index < -0.39 is 0 Å². The zero-order valence-electron chi connectivity index (χ0n) is 19.6. The van der Waals surface area contributed by atoms with Crippen LogP contribution in [0.25, 0.3) is 0 Å². The first-order chi connectivity index (χ1) is 16.5. The number of ether oxygens (including phenoxy) is 2. The van der Waals surface area contributed by atoms with Crippen molar-refractivity contribution in [1.29, 1.82) is 0 Å². The normalized spacial score (nSPS) is 19.1. The number of carbonyl (C=O) groups excluding carboxylic acids is 2. The molecule has 0 N–H and O–H groups in total. The highest BCUT2D eigenvalue weighted by atomic mass is 35.5. The van der Waals surface area contributed by atoms with E-state index in [1.54, 1.807) is 12.1 Å². The van der Waals surface area contributed by atoms with Crippen LogP contribution in [0.4, 0.5) is 0 Å². The molecular weight excluding hydrogens is 454 g/mol. The van der Waals surface area contributed by atoms with Crippen molar-refractivity contribution in [3.8, 4) is 5.75 Å². The molecule has 1 unspecified atom stereocenters. The van der Waals surface area contributed by atoms with E-state index >= 15 is 0 Å². The summed E-state index contributed by atoms with van der Waals surface area (Å²) in [6.45, 7) is 3.82. The molecule has 0 bridgehead atoms. The third-order valence-corrected chi connectivity index (χ3v) is 6.75. The van der Waals surface area contributed by atoms with Crippen LogP contribution in [0, 0.1) is 5.92 Å². The first-order valence-corrected chi connectivity index (χ1v) is 12.0. The second-order valence-corrected chi connectivity index (χ2v) is 8.97. The van der Waals surface area contributed by atoms with Gasteiger partial charge < -0.3 is 9.47 Å². The van der Waals surface area contributed by atoms with Gasteiger partial charge in [0.15, 0.2) is 0 Å². The Morgan fingerprint density at radius 1 is 1.09 bits per heavy atom. The van der Waals surface area contributed by atoms with Crippen LogP contribution in [-0.4, -0.2) is 60.8 Å². The fourth-order valence-electron chi connectivity index (χ4n) is 4.53. The van der Waals surface area contributed by atoms with Gasteiger partial charge >= 0.3 is 5.97 Å². The lowest BCUT2D eigenvalue weighted by Crippen LogP contribution is -2.43. The molecule has 1 fully saturated rings. The zero-order valence-corrected chi connectivity index (χ0v) is 20.3. The molecule has 2 aliphatic heterocycles. The molecular formula is C26H30ClN3O4. The Balaban J connectivity index is 1.50. The van der Waals surface area contributed by atoms with Crippen LogP contribution < -0.4 is 4.74 Å². The minimum absolute atomic E-state index is 0.0718. The number of nitrogens with zero attached hydrogens (tertiary/aromatic N) is 3. The Bertz CT molecular complexity index is 1050. The molecule has 34 heavy (non-hydrogen) atoms. The number of piperidine rings is 1. The monoisotopic (exact) mass is 483 g/mol. The lowest BCUT2D eigenvalue weighted by atomic mass is 9.97. The van der Waals surface area contributed by atoms with Crippen molar-refractivity contribution < 1.29 is 19.1 Å². The van der Waals surface area contributed by atoms with Crippen LogP contribution in [0.15, 0.2) is 53.6 Å². The molecule has 4 rings (SSSR count). The van der Waals surface area contributed by atoms with Crippen LogP contribution in [0.2, 0.25) is 5.02 Å². The molecule has 8 heteroatoms. The molecule has 180 valence electrons. The highest BCUT2D eigenvalue weighted by Crippen LogP contribution is 2.35. The number of benzene rings is 2. The lowest BCUT2D eigenvalue weighted by molar-refractivity contribution is -0.149. The number of methoxy groups -OCH3 is 1. The number of likely N-dealkylation sites (tertiary alicyclic amines) is 1. The molecule has 1 amide bonds. The van der Waals surface area contributed by atoms with Gasteiger partial charge in [-0.05, 0) is 56.6 Å². The molecule has 0 aliphatic carbocycles. The number of halogens is 1. The summed E-state index contributed by atoms with van der Waals surface area (Å²) in [5.41, 5.74) is 2.62.